The second-order valence-electron chi connectivity index (χ2n) is 7.62. The molecule has 0 unspecified atom stereocenters. The first-order valence-corrected chi connectivity index (χ1v) is 9.95. The summed E-state index contributed by atoms with van der Waals surface area (Å²) in [5.41, 5.74) is 2.70. The molecule has 28 heavy (non-hydrogen) atoms. The van der Waals surface area contributed by atoms with Gasteiger partial charge in [-0.1, -0.05) is 61.5 Å². The highest BCUT2D eigenvalue weighted by atomic mass is 16.5. The Morgan fingerprint density at radius 2 is 1.32 bits per heavy atom. The zero-order valence-corrected chi connectivity index (χ0v) is 17.3. The van der Waals surface area contributed by atoms with Gasteiger partial charge in [0.05, 0.1) is 18.6 Å². The predicted molar refractivity (Wildman–Crippen MR) is 111 cm³/mol. The molecule has 2 aromatic carbocycles. The summed E-state index contributed by atoms with van der Waals surface area (Å²) in [5, 5.41) is 0. The van der Waals surface area contributed by atoms with E-state index in [2.05, 4.69) is 31.2 Å². The van der Waals surface area contributed by atoms with Crippen LogP contribution in [0.1, 0.15) is 50.3 Å². The molecule has 0 aliphatic carbocycles. The lowest BCUT2D eigenvalue weighted by Crippen LogP contribution is -2.28. The lowest BCUT2D eigenvalue weighted by molar-refractivity contribution is -0.156. The lowest BCUT2D eigenvalue weighted by Gasteiger charge is -2.22. The molecule has 0 bridgehead atoms. The minimum absolute atomic E-state index is 0.198. The van der Waals surface area contributed by atoms with Crippen molar-refractivity contribution < 1.29 is 19.0 Å². The van der Waals surface area contributed by atoms with Crippen molar-refractivity contribution >= 4 is 5.97 Å². The van der Waals surface area contributed by atoms with Crippen molar-refractivity contribution in [2.45, 2.75) is 53.4 Å². The van der Waals surface area contributed by atoms with Gasteiger partial charge in [-0.3, -0.25) is 4.79 Å². The van der Waals surface area contributed by atoms with Gasteiger partial charge in [0.2, 0.25) is 0 Å². The van der Waals surface area contributed by atoms with E-state index in [1.165, 1.54) is 5.56 Å². The predicted octanol–water partition coefficient (Wildman–Crippen LogP) is 5.29. The van der Waals surface area contributed by atoms with E-state index < -0.39 is 5.41 Å². The van der Waals surface area contributed by atoms with Crippen molar-refractivity contribution in [1.82, 2.24) is 0 Å². The fraction of sp³-hybridized carbons (Fsp3) is 0.458. The lowest BCUT2D eigenvalue weighted by atomic mass is 9.90. The molecule has 0 N–H and O–H groups in total. The number of ether oxygens (including phenoxy) is 3. The largest absolute Gasteiger partial charge is 0.460 e. The fourth-order valence-corrected chi connectivity index (χ4v) is 2.60. The molecule has 0 amide bonds. The van der Waals surface area contributed by atoms with Crippen molar-refractivity contribution in [2.75, 3.05) is 13.2 Å². The molecule has 0 aliphatic rings. The molecule has 4 nitrogen and oxygen atoms in total. The molecular weight excluding hydrogens is 352 g/mol. The van der Waals surface area contributed by atoms with Crippen LogP contribution in [0.3, 0.4) is 0 Å². The van der Waals surface area contributed by atoms with E-state index in [-0.39, 0.29) is 5.97 Å². The van der Waals surface area contributed by atoms with E-state index >= 15 is 0 Å². The molecule has 0 heterocycles. The monoisotopic (exact) mass is 384 g/mol. The summed E-state index contributed by atoms with van der Waals surface area (Å²) < 4.78 is 16.8. The van der Waals surface area contributed by atoms with E-state index in [1.807, 2.05) is 44.2 Å². The topological polar surface area (TPSA) is 44.8 Å². The molecule has 0 aromatic heterocycles. The van der Waals surface area contributed by atoms with E-state index in [4.69, 9.17) is 14.2 Å². The van der Waals surface area contributed by atoms with Gasteiger partial charge in [-0.2, -0.15) is 0 Å². The number of benzene rings is 2. The van der Waals surface area contributed by atoms with Crippen molar-refractivity contribution in [3.63, 3.8) is 0 Å². The van der Waals surface area contributed by atoms with Crippen molar-refractivity contribution in [2.24, 2.45) is 5.41 Å². The molecule has 0 saturated carbocycles. The van der Waals surface area contributed by atoms with Gasteiger partial charge >= 0.3 is 5.97 Å². The van der Waals surface area contributed by atoms with E-state index in [9.17, 15) is 4.79 Å². The Morgan fingerprint density at radius 3 is 1.89 bits per heavy atom. The van der Waals surface area contributed by atoms with E-state index in [0.717, 1.165) is 24.2 Å². The maximum atomic E-state index is 12.4. The van der Waals surface area contributed by atoms with Crippen LogP contribution in [0.5, 0.6) is 0 Å². The third kappa shape index (κ3) is 7.83. The van der Waals surface area contributed by atoms with E-state index in [0.29, 0.717) is 32.8 Å². The molecule has 0 atom stereocenters. The minimum Gasteiger partial charge on any atom is -0.460 e. The van der Waals surface area contributed by atoms with Crippen LogP contribution in [0.15, 0.2) is 54.6 Å². The van der Waals surface area contributed by atoms with Crippen LogP contribution in [-0.2, 0) is 38.8 Å². The van der Waals surface area contributed by atoms with E-state index in [1.54, 1.807) is 0 Å². The normalized spacial score (nSPS) is 11.4. The van der Waals surface area contributed by atoms with Gasteiger partial charge < -0.3 is 14.2 Å². The summed E-state index contributed by atoms with van der Waals surface area (Å²) in [6, 6.07) is 18.0. The van der Waals surface area contributed by atoms with Gasteiger partial charge in [-0.15, -0.1) is 0 Å². The second kappa shape index (κ2) is 11.6. The second-order valence-corrected chi connectivity index (χ2v) is 7.62. The molecule has 0 fully saturated rings. The number of carbonyl (C=O) groups excluding carboxylic acids is 1. The summed E-state index contributed by atoms with van der Waals surface area (Å²) in [7, 11) is 0. The highest BCUT2D eigenvalue weighted by Gasteiger charge is 2.29. The number of hydrogen-bond acceptors (Lipinski definition) is 4. The first-order valence-electron chi connectivity index (χ1n) is 9.95. The Kier molecular flexibility index (Phi) is 9.18. The van der Waals surface area contributed by atoms with Crippen LogP contribution in [0.2, 0.25) is 0 Å². The third-order valence-corrected chi connectivity index (χ3v) is 4.55. The third-order valence-electron chi connectivity index (χ3n) is 4.55. The minimum atomic E-state index is -0.574. The Morgan fingerprint density at radius 1 is 0.786 bits per heavy atom. The SMILES string of the molecule is CCCOCc1ccc(COCCC(C)(C)C(=O)OCc2ccccc2)cc1. The number of rotatable bonds is 12. The Balaban J connectivity index is 1.67. The highest BCUT2D eigenvalue weighted by molar-refractivity contribution is 5.75. The number of esters is 1. The summed E-state index contributed by atoms with van der Waals surface area (Å²) in [6.07, 6.45) is 1.64. The quantitative estimate of drug-likeness (QED) is 0.368. The first-order chi connectivity index (χ1) is 13.5. The first kappa shape index (κ1) is 22.1. The number of hydrogen-bond donors (Lipinski definition) is 0. The summed E-state index contributed by atoms with van der Waals surface area (Å²) in [6.45, 7) is 8.68. The maximum absolute atomic E-state index is 12.4. The van der Waals surface area contributed by atoms with Crippen LogP contribution in [-0.4, -0.2) is 19.2 Å². The molecule has 2 rings (SSSR count). The van der Waals surface area contributed by atoms with Crippen LogP contribution < -0.4 is 0 Å². The standard InChI is InChI=1S/C24H32O4/c1-4-15-26-17-21-10-12-22(13-11-21)18-27-16-14-24(2,3)23(25)28-19-20-8-6-5-7-9-20/h5-13H,4,14-19H2,1-3H3. The van der Waals surface area contributed by atoms with Gasteiger partial charge in [0.15, 0.2) is 0 Å². The molecule has 2 aromatic rings. The zero-order valence-electron chi connectivity index (χ0n) is 17.3. The van der Waals surface area contributed by atoms with Gasteiger partial charge in [0.1, 0.15) is 6.61 Å². The molecule has 152 valence electrons. The summed E-state index contributed by atoms with van der Waals surface area (Å²) in [4.78, 5) is 12.4. The highest BCUT2D eigenvalue weighted by Crippen LogP contribution is 2.23. The smallest absolute Gasteiger partial charge is 0.311 e. The maximum Gasteiger partial charge on any atom is 0.311 e. The molecule has 0 saturated heterocycles. The van der Waals surface area contributed by atoms with Gasteiger partial charge in [0, 0.05) is 13.2 Å². The molecular formula is C24H32O4. The van der Waals surface area contributed by atoms with Crippen LogP contribution >= 0.6 is 0 Å². The average Bonchev–Trinajstić information content (AvgIpc) is 2.71. The van der Waals surface area contributed by atoms with Gasteiger partial charge in [0.25, 0.3) is 0 Å². The summed E-state index contributed by atoms with van der Waals surface area (Å²) >= 11 is 0. The van der Waals surface area contributed by atoms with Gasteiger partial charge in [-0.05, 0) is 43.4 Å². The Hall–Kier alpha value is -2.17. The summed E-state index contributed by atoms with van der Waals surface area (Å²) in [5.74, 6) is -0.198. The van der Waals surface area contributed by atoms with Gasteiger partial charge in [-0.25, -0.2) is 0 Å². The molecule has 0 aliphatic heterocycles. The molecule has 0 spiro atoms. The average molecular weight is 385 g/mol. The zero-order chi connectivity index (χ0) is 20.2. The van der Waals surface area contributed by atoms with Crippen molar-refractivity contribution in [1.29, 1.82) is 0 Å². The Labute approximate surface area is 168 Å². The number of carbonyl (C=O) groups is 1. The van der Waals surface area contributed by atoms with Crippen LogP contribution in [0.25, 0.3) is 0 Å². The molecule has 4 heteroatoms. The fourth-order valence-electron chi connectivity index (χ4n) is 2.60. The van der Waals surface area contributed by atoms with Crippen LogP contribution in [0.4, 0.5) is 0 Å². The van der Waals surface area contributed by atoms with Crippen molar-refractivity contribution in [3.8, 4) is 0 Å². The van der Waals surface area contributed by atoms with Crippen molar-refractivity contribution in [3.05, 3.63) is 71.3 Å². The molecule has 0 radical (unpaired) electrons. The Bertz CT molecular complexity index is 692. The van der Waals surface area contributed by atoms with Crippen LogP contribution in [0, 0.1) is 5.41 Å².